The minimum atomic E-state index is -0.279. The van der Waals surface area contributed by atoms with Crippen molar-refractivity contribution in [2.24, 2.45) is 0 Å². The van der Waals surface area contributed by atoms with Crippen molar-refractivity contribution in [3.63, 3.8) is 0 Å². The van der Waals surface area contributed by atoms with Gasteiger partial charge in [0.2, 0.25) is 0 Å². The Labute approximate surface area is 167 Å². The highest BCUT2D eigenvalue weighted by Crippen LogP contribution is 2.57. The Balaban J connectivity index is 1.38. The molecule has 0 spiro atoms. The Hall–Kier alpha value is -3.27. The fourth-order valence-electron chi connectivity index (χ4n) is 5.00. The lowest BCUT2D eigenvalue weighted by molar-refractivity contribution is 0.277. The predicted octanol–water partition coefficient (Wildman–Crippen LogP) is 4.09. The van der Waals surface area contributed by atoms with E-state index in [4.69, 9.17) is 4.74 Å². The van der Waals surface area contributed by atoms with Crippen molar-refractivity contribution in [3.8, 4) is 11.8 Å². The van der Waals surface area contributed by atoms with Gasteiger partial charge in [-0.2, -0.15) is 10.4 Å². The SMILES string of the molecule is CC1COc2c(NC3CCC(n4cccn4)C3)c(F)c3c4c2N1C=C(C#N)C4=C3. The van der Waals surface area contributed by atoms with Crippen LogP contribution in [0.5, 0.6) is 5.75 Å². The van der Waals surface area contributed by atoms with Crippen LogP contribution < -0.4 is 15.0 Å². The molecule has 3 heterocycles. The number of hydrogen-bond acceptors (Lipinski definition) is 5. The molecule has 2 aliphatic carbocycles. The van der Waals surface area contributed by atoms with Crippen LogP contribution >= 0.6 is 0 Å². The van der Waals surface area contributed by atoms with Crippen LogP contribution in [-0.4, -0.2) is 28.5 Å². The molecule has 1 fully saturated rings. The average Bonchev–Trinajstić information content (AvgIpc) is 3.37. The van der Waals surface area contributed by atoms with Crippen molar-refractivity contribution in [1.82, 2.24) is 9.78 Å². The fourth-order valence-corrected chi connectivity index (χ4v) is 5.00. The molecule has 0 bridgehead atoms. The number of ether oxygens (including phenoxy) is 1. The number of allylic oxidation sites excluding steroid dienone is 2. The third-order valence-corrected chi connectivity index (χ3v) is 6.50. The minimum absolute atomic E-state index is 0.0890. The smallest absolute Gasteiger partial charge is 0.169 e. The van der Waals surface area contributed by atoms with Crippen molar-refractivity contribution in [2.75, 3.05) is 16.8 Å². The van der Waals surface area contributed by atoms with Gasteiger partial charge < -0.3 is 15.0 Å². The summed E-state index contributed by atoms with van der Waals surface area (Å²) in [4.78, 5) is 2.07. The first-order chi connectivity index (χ1) is 14.2. The Kier molecular flexibility index (Phi) is 3.37. The van der Waals surface area contributed by atoms with Gasteiger partial charge >= 0.3 is 0 Å². The van der Waals surface area contributed by atoms with Gasteiger partial charge in [-0.1, -0.05) is 0 Å². The Morgan fingerprint density at radius 2 is 2.28 bits per heavy atom. The van der Waals surface area contributed by atoms with Gasteiger partial charge in [-0.05, 0) is 38.3 Å². The summed E-state index contributed by atoms with van der Waals surface area (Å²) >= 11 is 0. The van der Waals surface area contributed by atoms with Crippen molar-refractivity contribution < 1.29 is 9.13 Å². The highest BCUT2D eigenvalue weighted by atomic mass is 19.1. The maximum atomic E-state index is 15.5. The van der Waals surface area contributed by atoms with Crippen LogP contribution in [0.3, 0.4) is 0 Å². The molecule has 6 rings (SSSR count). The normalized spacial score (nSPS) is 26.0. The number of nitrogens with zero attached hydrogens (tertiary/aromatic N) is 4. The van der Waals surface area contributed by atoms with Crippen molar-refractivity contribution in [3.05, 3.63) is 47.2 Å². The van der Waals surface area contributed by atoms with Gasteiger partial charge in [0.25, 0.3) is 0 Å². The first kappa shape index (κ1) is 16.7. The summed E-state index contributed by atoms with van der Waals surface area (Å²) < 4.78 is 23.5. The van der Waals surface area contributed by atoms with E-state index in [1.165, 1.54) is 0 Å². The van der Waals surface area contributed by atoms with E-state index in [9.17, 15) is 5.26 Å². The molecular formula is C22H20FN5O. The maximum absolute atomic E-state index is 15.5. The van der Waals surface area contributed by atoms with Crippen LogP contribution in [0.2, 0.25) is 0 Å². The van der Waals surface area contributed by atoms with Crippen LogP contribution in [-0.2, 0) is 0 Å². The molecule has 3 atom stereocenters. The zero-order chi connectivity index (χ0) is 19.7. The predicted molar refractivity (Wildman–Crippen MR) is 108 cm³/mol. The molecule has 1 N–H and O–H groups in total. The van der Waals surface area contributed by atoms with Crippen LogP contribution in [0, 0.1) is 17.1 Å². The minimum Gasteiger partial charge on any atom is -0.487 e. The number of benzene rings is 1. The van der Waals surface area contributed by atoms with E-state index in [0.717, 1.165) is 36.1 Å². The van der Waals surface area contributed by atoms with Gasteiger partial charge in [-0.3, -0.25) is 4.68 Å². The molecule has 3 unspecified atom stereocenters. The van der Waals surface area contributed by atoms with Gasteiger partial charge in [-0.25, -0.2) is 4.39 Å². The second-order valence-electron chi connectivity index (χ2n) is 8.23. The van der Waals surface area contributed by atoms with Gasteiger partial charge in [-0.15, -0.1) is 0 Å². The highest BCUT2D eigenvalue weighted by Gasteiger charge is 2.41. The molecule has 0 amide bonds. The van der Waals surface area contributed by atoms with E-state index in [-0.39, 0.29) is 17.9 Å². The summed E-state index contributed by atoms with van der Waals surface area (Å²) in [6, 6.07) is 4.76. The molecule has 1 aromatic carbocycles. The van der Waals surface area contributed by atoms with Crippen molar-refractivity contribution in [1.29, 1.82) is 5.26 Å². The standard InChI is InChI=1S/C22H20FN5O/c1-12-11-29-22-20(26-14-3-4-15(7-14)28-6-2-5-25-28)19(23)17-8-16-13(9-24)10-27(12)21(22)18(16)17/h2,5-6,8,10,12,14-15,26H,3-4,7,11H2,1H3. The Bertz CT molecular complexity index is 1130. The lowest BCUT2D eigenvalue weighted by atomic mass is 9.79. The third kappa shape index (κ3) is 2.23. The van der Waals surface area contributed by atoms with Crippen LogP contribution in [0.1, 0.15) is 43.4 Å². The average molecular weight is 389 g/mol. The van der Waals surface area contributed by atoms with Crippen molar-refractivity contribution >= 4 is 23.0 Å². The molecule has 146 valence electrons. The first-order valence-electron chi connectivity index (χ1n) is 10.1. The molecule has 7 heteroatoms. The molecule has 2 aliphatic heterocycles. The zero-order valence-corrected chi connectivity index (χ0v) is 16.0. The molecule has 4 aliphatic rings. The number of hydrogen-bond donors (Lipinski definition) is 1. The largest absolute Gasteiger partial charge is 0.487 e. The molecule has 6 nitrogen and oxygen atoms in total. The van der Waals surface area contributed by atoms with Crippen LogP contribution in [0.25, 0.3) is 11.6 Å². The summed E-state index contributed by atoms with van der Waals surface area (Å²) in [5, 5.41) is 17.3. The lowest BCUT2D eigenvalue weighted by Gasteiger charge is -2.43. The highest BCUT2D eigenvalue weighted by molar-refractivity contribution is 6.13. The first-order valence-corrected chi connectivity index (χ1v) is 10.1. The van der Waals surface area contributed by atoms with Crippen LogP contribution in [0.4, 0.5) is 15.8 Å². The second kappa shape index (κ2) is 5.86. The number of rotatable bonds is 3. The topological polar surface area (TPSA) is 66.1 Å². The van der Waals surface area contributed by atoms with E-state index in [0.29, 0.717) is 35.2 Å². The number of nitriles is 1. The van der Waals surface area contributed by atoms with E-state index >= 15 is 4.39 Å². The summed E-state index contributed by atoms with van der Waals surface area (Å²) in [5.74, 6) is 0.291. The van der Waals surface area contributed by atoms with Gasteiger partial charge in [0.15, 0.2) is 11.6 Å². The molecule has 0 saturated heterocycles. The summed E-state index contributed by atoms with van der Waals surface area (Å²) in [6.45, 7) is 2.51. The molecular weight excluding hydrogens is 369 g/mol. The second-order valence-corrected chi connectivity index (χ2v) is 8.23. The number of nitrogens with one attached hydrogen (secondary N) is 1. The summed E-state index contributed by atoms with van der Waals surface area (Å²) in [7, 11) is 0. The van der Waals surface area contributed by atoms with E-state index in [1.54, 1.807) is 12.3 Å². The van der Waals surface area contributed by atoms with E-state index < -0.39 is 0 Å². The van der Waals surface area contributed by atoms with Gasteiger partial charge in [0, 0.05) is 41.3 Å². The maximum Gasteiger partial charge on any atom is 0.169 e. The van der Waals surface area contributed by atoms with Gasteiger partial charge in [0.05, 0.1) is 23.3 Å². The Morgan fingerprint density at radius 1 is 1.38 bits per heavy atom. The summed E-state index contributed by atoms with van der Waals surface area (Å²) in [5.41, 5.74) is 4.13. The zero-order valence-electron chi connectivity index (χ0n) is 16.0. The number of anilines is 2. The number of aromatic nitrogens is 2. The molecule has 1 aromatic heterocycles. The lowest BCUT2D eigenvalue weighted by Crippen LogP contribution is -2.41. The third-order valence-electron chi connectivity index (χ3n) is 6.50. The molecule has 2 aromatic rings. The van der Waals surface area contributed by atoms with Gasteiger partial charge in [0.1, 0.15) is 18.4 Å². The molecule has 0 radical (unpaired) electrons. The fraction of sp³-hybridized carbons (Fsp3) is 0.364. The van der Waals surface area contributed by atoms with E-state index in [2.05, 4.69) is 28.3 Å². The number of halogens is 1. The van der Waals surface area contributed by atoms with Crippen LogP contribution in [0.15, 0.2) is 30.2 Å². The Morgan fingerprint density at radius 3 is 3.07 bits per heavy atom. The molecule has 1 saturated carbocycles. The van der Waals surface area contributed by atoms with Crippen molar-refractivity contribution in [2.45, 2.75) is 44.3 Å². The van der Waals surface area contributed by atoms with E-state index in [1.807, 2.05) is 23.1 Å². The quantitative estimate of drug-likeness (QED) is 0.857. The molecule has 29 heavy (non-hydrogen) atoms. The summed E-state index contributed by atoms with van der Waals surface area (Å²) in [6.07, 6.45) is 10.3. The monoisotopic (exact) mass is 389 g/mol.